The van der Waals surface area contributed by atoms with Gasteiger partial charge in [0.25, 0.3) is 0 Å². The Bertz CT molecular complexity index is 686. The molecule has 0 heterocycles. The van der Waals surface area contributed by atoms with Crippen LogP contribution in [-0.4, -0.2) is 0 Å². The summed E-state index contributed by atoms with van der Waals surface area (Å²) in [5, 5.41) is -0.986. The first kappa shape index (κ1) is 16.1. The molecule has 0 fully saturated rings. The summed E-state index contributed by atoms with van der Waals surface area (Å²) in [6.07, 6.45) is 0. The van der Waals surface area contributed by atoms with Crippen molar-refractivity contribution in [3.63, 3.8) is 0 Å². The van der Waals surface area contributed by atoms with Gasteiger partial charge in [0.05, 0.1) is 25.1 Å². The Kier molecular flexibility index (Phi) is 4.67. The van der Waals surface area contributed by atoms with Gasteiger partial charge in [-0.15, -0.1) is 0 Å². The molecule has 0 unspecified atom stereocenters. The minimum atomic E-state index is -1.69. The van der Waals surface area contributed by atoms with Crippen molar-refractivity contribution in [2.45, 2.75) is 0 Å². The number of halogens is 8. The van der Waals surface area contributed by atoms with E-state index >= 15 is 0 Å². The molecule has 8 heteroatoms. The van der Waals surface area contributed by atoms with Gasteiger partial charge in [-0.05, 0) is 12.1 Å². The molecule has 2 rings (SSSR count). The van der Waals surface area contributed by atoms with Crippen molar-refractivity contribution in [2.24, 2.45) is 0 Å². The number of hydrogen-bond donors (Lipinski definition) is 0. The molecular formula is C12HCl5F3. The van der Waals surface area contributed by atoms with Gasteiger partial charge in [-0.2, -0.15) is 0 Å². The molecule has 1 radical (unpaired) electrons. The summed E-state index contributed by atoms with van der Waals surface area (Å²) < 4.78 is 40.0. The maximum atomic E-state index is 13.8. The van der Waals surface area contributed by atoms with Crippen molar-refractivity contribution in [1.82, 2.24) is 0 Å². The Morgan fingerprint density at radius 1 is 0.700 bits per heavy atom. The van der Waals surface area contributed by atoms with E-state index in [1.807, 2.05) is 0 Å². The predicted molar refractivity (Wildman–Crippen MR) is 75.6 cm³/mol. The summed E-state index contributed by atoms with van der Waals surface area (Å²) in [6.45, 7) is 0. The third-order valence-corrected chi connectivity index (χ3v) is 4.70. The van der Waals surface area contributed by atoms with Gasteiger partial charge >= 0.3 is 0 Å². The first-order valence-electron chi connectivity index (χ1n) is 4.84. The molecule has 2 aromatic rings. The zero-order valence-corrected chi connectivity index (χ0v) is 12.9. The second-order valence-corrected chi connectivity index (χ2v) is 5.47. The third kappa shape index (κ3) is 2.46. The topological polar surface area (TPSA) is 0 Å². The molecular weight excluding hydrogens is 378 g/mol. The molecule has 0 amide bonds. The van der Waals surface area contributed by atoms with Crippen LogP contribution in [0.5, 0.6) is 0 Å². The van der Waals surface area contributed by atoms with Crippen LogP contribution < -0.4 is 0 Å². The maximum absolute atomic E-state index is 13.8. The molecule has 20 heavy (non-hydrogen) atoms. The van der Waals surface area contributed by atoms with E-state index in [1.165, 1.54) is 0 Å². The SMILES string of the molecule is Fc1c[c]c(-c2c(Cl)c(Cl)c(Cl)c(Cl)c2Cl)c(F)c1F. The van der Waals surface area contributed by atoms with E-state index in [0.717, 1.165) is 0 Å². The standard InChI is InChI=1S/C12HCl5F3/c13-6-5(7(14)9(16)10(17)8(6)15)3-1-2-4(18)12(20)11(3)19/h2H. The van der Waals surface area contributed by atoms with Crippen molar-refractivity contribution < 1.29 is 13.2 Å². The van der Waals surface area contributed by atoms with Crippen LogP contribution in [0.25, 0.3) is 11.1 Å². The highest BCUT2D eigenvalue weighted by Gasteiger charge is 2.24. The lowest BCUT2D eigenvalue weighted by atomic mass is 10.0. The summed E-state index contributed by atoms with van der Waals surface area (Å²) in [5.74, 6) is -4.60. The van der Waals surface area contributed by atoms with Crippen molar-refractivity contribution in [2.75, 3.05) is 0 Å². The Labute approximate surface area is 137 Å². The van der Waals surface area contributed by atoms with E-state index in [0.29, 0.717) is 6.07 Å². The largest absolute Gasteiger partial charge is 0.204 e. The Balaban J connectivity index is 2.87. The molecule has 0 spiro atoms. The smallest absolute Gasteiger partial charge is 0.195 e. The van der Waals surface area contributed by atoms with Gasteiger partial charge < -0.3 is 0 Å². The average molecular weight is 379 g/mol. The minimum Gasteiger partial charge on any atom is -0.204 e. The molecule has 0 atom stereocenters. The van der Waals surface area contributed by atoms with Gasteiger partial charge in [0, 0.05) is 11.1 Å². The highest BCUT2D eigenvalue weighted by molar-refractivity contribution is 6.56. The molecule has 0 aliphatic carbocycles. The molecule has 0 saturated carbocycles. The van der Waals surface area contributed by atoms with Gasteiger partial charge in [-0.25, -0.2) is 13.2 Å². The van der Waals surface area contributed by atoms with Crippen LogP contribution in [0.1, 0.15) is 0 Å². The van der Waals surface area contributed by atoms with Gasteiger partial charge in [0.15, 0.2) is 17.5 Å². The number of hydrogen-bond acceptors (Lipinski definition) is 0. The quantitative estimate of drug-likeness (QED) is 0.376. The van der Waals surface area contributed by atoms with E-state index in [1.54, 1.807) is 0 Å². The van der Waals surface area contributed by atoms with Gasteiger partial charge in [-0.1, -0.05) is 58.0 Å². The summed E-state index contributed by atoms with van der Waals surface area (Å²) >= 11 is 29.2. The van der Waals surface area contributed by atoms with Crippen molar-refractivity contribution in [3.05, 3.63) is 54.7 Å². The molecule has 0 aromatic heterocycles. The fourth-order valence-corrected chi connectivity index (χ4v) is 2.81. The second-order valence-electron chi connectivity index (χ2n) is 3.58. The van der Waals surface area contributed by atoms with Crippen molar-refractivity contribution in [1.29, 1.82) is 0 Å². The maximum Gasteiger partial charge on any atom is 0.195 e. The summed E-state index contributed by atoms with van der Waals surface area (Å²) in [5.41, 5.74) is -0.719. The Morgan fingerprint density at radius 3 is 1.65 bits per heavy atom. The van der Waals surface area contributed by atoms with Crippen molar-refractivity contribution in [3.8, 4) is 11.1 Å². The average Bonchev–Trinajstić information content (AvgIpc) is 2.43. The van der Waals surface area contributed by atoms with E-state index in [-0.39, 0.29) is 30.7 Å². The molecule has 0 nitrogen and oxygen atoms in total. The molecule has 0 bridgehead atoms. The van der Waals surface area contributed by atoms with Gasteiger partial charge in [0.2, 0.25) is 0 Å². The number of benzene rings is 2. The lowest BCUT2D eigenvalue weighted by Gasteiger charge is -2.13. The molecule has 0 N–H and O–H groups in total. The van der Waals surface area contributed by atoms with E-state index < -0.39 is 23.0 Å². The Hall–Kier alpha value is -0.320. The van der Waals surface area contributed by atoms with Crippen LogP contribution in [-0.2, 0) is 0 Å². The van der Waals surface area contributed by atoms with E-state index in [9.17, 15) is 13.2 Å². The van der Waals surface area contributed by atoms with Crippen LogP contribution >= 0.6 is 58.0 Å². The summed E-state index contributed by atoms with van der Waals surface area (Å²) in [6, 6.07) is 2.81. The first-order valence-corrected chi connectivity index (χ1v) is 6.73. The number of rotatable bonds is 1. The van der Waals surface area contributed by atoms with Gasteiger partial charge in [0.1, 0.15) is 0 Å². The normalized spacial score (nSPS) is 11.0. The molecule has 105 valence electrons. The lowest BCUT2D eigenvalue weighted by Crippen LogP contribution is -1.96. The zero-order chi connectivity index (χ0) is 15.2. The van der Waals surface area contributed by atoms with Crippen LogP contribution in [0.4, 0.5) is 13.2 Å². The highest BCUT2D eigenvalue weighted by Crippen LogP contribution is 2.48. The fraction of sp³-hybridized carbons (Fsp3) is 0. The monoisotopic (exact) mass is 377 g/mol. The fourth-order valence-electron chi connectivity index (χ4n) is 1.48. The predicted octanol–water partition coefficient (Wildman–Crippen LogP) is 6.84. The Morgan fingerprint density at radius 2 is 1.15 bits per heavy atom. The molecule has 2 aromatic carbocycles. The van der Waals surface area contributed by atoms with Crippen LogP contribution in [0, 0.1) is 23.5 Å². The van der Waals surface area contributed by atoms with Crippen LogP contribution in [0.15, 0.2) is 6.07 Å². The minimum absolute atomic E-state index is 0.130. The molecule has 0 aliphatic rings. The molecule has 0 aliphatic heterocycles. The highest BCUT2D eigenvalue weighted by atomic mass is 35.5. The van der Waals surface area contributed by atoms with E-state index in [2.05, 4.69) is 6.07 Å². The van der Waals surface area contributed by atoms with E-state index in [4.69, 9.17) is 58.0 Å². The van der Waals surface area contributed by atoms with Crippen molar-refractivity contribution >= 4 is 58.0 Å². The summed E-state index contributed by atoms with van der Waals surface area (Å²) in [4.78, 5) is 0. The van der Waals surface area contributed by atoms with Crippen LogP contribution in [0.2, 0.25) is 25.1 Å². The second kappa shape index (κ2) is 5.82. The van der Waals surface area contributed by atoms with Gasteiger partial charge in [-0.3, -0.25) is 0 Å². The molecule has 0 saturated heterocycles. The lowest BCUT2D eigenvalue weighted by molar-refractivity contribution is 0.448. The van der Waals surface area contributed by atoms with Crippen LogP contribution in [0.3, 0.4) is 0 Å². The zero-order valence-electron chi connectivity index (χ0n) is 9.10. The first-order chi connectivity index (χ1) is 9.27. The third-order valence-electron chi connectivity index (χ3n) is 2.42. The summed E-state index contributed by atoms with van der Waals surface area (Å²) in [7, 11) is 0.